The van der Waals surface area contributed by atoms with Gasteiger partial charge in [-0.2, -0.15) is 0 Å². The summed E-state index contributed by atoms with van der Waals surface area (Å²) in [7, 11) is 0. The van der Waals surface area contributed by atoms with Crippen LogP contribution in [-0.2, 0) is 4.74 Å². The highest BCUT2D eigenvalue weighted by molar-refractivity contribution is 4.67. The van der Waals surface area contributed by atoms with E-state index < -0.39 is 0 Å². The molecular weight excluding hydrogens is 166 g/mol. The van der Waals surface area contributed by atoms with Gasteiger partial charge in [0, 0.05) is 0 Å². The Morgan fingerprint density at radius 1 is 1.38 bits per heavy atom. The molecule has 1 unspecified atom stereocenters. The van der Waals surface area contributed by atoms with Gasteiger partial charge in [-0.25, -0.2) is 0 Å². The second-order valence-electron chi connectivity index (χ2n) is 4.26. The van der Waals surface area contributed by atoms with Crippen molar-refractivity contribution in [1.29, 1.82) is 0 Å². The molecule has 0 aromatic rings. The molecular formula is C10H23NO2. The minimum atomic E-state index is -0.124. The Morgan fingerprint density at radius 3 is 2.38 bits per heavy atom. The predicted octanol–water partition coefficient (Wildman–Crippen LogP) is 1.16. The van der Waals surface area contributed by atoms with E-state index >= 15 is 0 Å². The molecule has 0 radical (unpaired) electrons. The predicted molar refractivity (Wildman–Crippen MR) is 54.9 cm³/mol. The maximum absolute atomic E-state index is 9.01. The van der Waals surface area contributed by atoms with Crippen LogP contribution in [0.15, 0.2) is 0 Å². The minimum absolute atomic E-state index is 0.0687. The van der Waals surface area contributed by atoms with Crippen LogP contribution in [0.1, 0.15) is 34.1 Å². The monoisotopic (exact) mass is 189 g/mol. The Labute approximate surface area is 81.5 Å². The van der Waals surface area contributed by atoms with Gasteiger partial charge in [-0.15, -0.1) is 0 Å². The highest BCUT2D eigenvalue weighted by Crippen LogP contribution is 2.06. The van der Waals surface area contributed by atoms with Crippen LogP contribution in [0.4, 0.5) is 0 Å². The molecule has 0 spiro atoms. The standard InChI is InChI=1S/C10H23NO2/c1-5-6-11-9(7-12)8-13-10(2,3)4/h9,11-12H,5-8H2,1-4H3. The molecule has 3 heteroatoms. The maximum Gasteiger partial charge on any atom is 0.0649 e. The van der Waals surface area contributed by atoms with Gasteiger partial charge in [0.25, 0.3) is 0 Å². The van der Waals surface area contributed by atoms with Gasteiger partial charge in [0.05, 0.1) is 24.9 Å². The first-order valence-corrected chi connectivity index (χ1v) is 4.97. The highest BCUT2D eigenvalue weighted by atomic mass is 16.5. The third-order valence-electron chi connectivity index (χ3n) is 1.62. The van der Waals surface area contributed by atoms with E-state index in [2.05, 4.69) is 12.2 Å². The summed E-state index contributed by atoms with van der Waals surface area (Å²) in [4.78, 5) is 0. The lowest BCUT2D eigenvalue weighted by molar-refractivity contribution is -0.0212. The fourth-order valence-corrected chi connectivity index (χ4v) is 0.875. The van der Waals surface area contributed by atoms with Crippen molar-refractivity contribution in [3.8, 4) is 0 Å². The Hall–Kier alpha value is -0.120. The van der Waals surface area contributed by atoms with Crippen LogP contribution in [0.25, 0.3) is 0 Å². The van der Waals surface area contributed by atoms with Crippen LogP contribution in [0.2, 0.25) is 0 Å². The van der Waals surface area contributed by atoms with Crippen molar-refractivity contribution in [3.05, 3.63) is 0 Å². The molecule has 3 nitrogen and oxygen atoms in total. The van der Waals surface area contributed by atoms with E-state index in [4.69, 9.17) is 9.84 Å². The topological polar surface area (TPSA) is 41.5 Å². The Morgan fingerprint density at radius 2 is 2.00 bits per heavy atom. The first-order chi connectivity index (χ1) is 5.99. The second kappa shape index (κ2) is 6.35. The average Bonchev–Trinajstić information content (AvgIpc) is 2.03. The van der Waals surface area contributed by atoms with Gasteiger partial charge in [0.2, 0.25) is 0 Å². The van der Waals surface area contributed by atoms with Crippen molar-refractivity contribution in [2.24, 2.45) is 0 Å². The lowest BCUT2D eigenvalue weighted by atomic mass is 10.2. The number of aliphatic hydroxyl groups is 1. The summed E-state index contributed by atoms with van der Waals surface area (Å²) in [5, 5.41) is 12.2. The third kappa shape index (κ3) is 8.22. The molecule has 80 valence electrons. The van der Waals surface area contributed by atoms with Gasteiger partial charge in [0.15, 0.2) is 0 Å². The van der Waals surface area contributed by atoms with E-state index in [0.717, 1.165) is 13.0 Å². The first kappa shape index (κ1) is 12.9. The van der Waals surface area contributed by atoms with E-state index in [-0.39, 0.29) is 18.2 Å². The van der Waals surface area contributed by atoms with Crippen molar-refractivity contribution in [2.75, 3.05) is 19.8 Å². The normalized spacial score (nSPS) is 14.5. The molecule has 13 heavy (non-hydrogen) atoms. The number of rotatable bonds is 6. The Bertz CT molecular complexity index is 121. The Kier molecular flexibility index (Phi) is 6.29. The molecule has 0 bridgehead atoms. The van der Waals surface area contributed by atoms with E-state index in [9.17, 15) is 0 Å². The molecule has 0 aliphatic rings. The van der Waals surface area contributed by atoms with E-state index in [1.165, 1.54) is 0 Å². The van der Waals surface area contributed by atoms with E-state index in [1.807, 2.05) is 20.8 Å². The molecule has 1 atom stereocenters. The summed E-state index contributed by atoms with van der Waals surface area (Å²) in [5.74, 6) is 0. The Balaban J connectivity index is 3.59. The van der Waals surface area contributed by atoms with Crippen LogP contribution in [0, 0.1) is 0 Å². The summed E-state index contributed by atoms with van der Waals surface area (Å²) in [6, 6.07) is 0.0687. The fraction of sp³-hybridized carbons (Fsp3) is 1.00. The molecule has 0 saturated heterocycles. The summed E-state index contributed by atoms with van der Waals surface area (Å²) >= 11 is 0. The number of nitrogens with one attached hydrogen (secondary N) is 1. The molecule has 0 fully saturated rings. The number of hydrogen-bond donors (Lipinski definition) is 2. The zero-order valence-corrected chi connectivity index (χ0v) is 9.26. The lowest BCUT2D eigenvalue weighted by Crippen LogP contribution is -2.39. The summed E-state index contributed by atoms with van der Waals surface area (Å²) in [5.41, 5.74) is -0.124. The first-order valence-electron chi connectivity index (χ1n) is 4.97. The lowest BCUT2D eigenvalue weighted by Gasteiger charge is -2.24. The number of hydrogen-bond acceptors (Lipinski definition) is 3. The molecule has 0 heterocycles. The van der Waals surface area contributed by atoms with Gasteiger partial charge >= 0.3 is 0 Å². The summed E-state index contributed by atoms with van der Waals surface area (Å²) < 4.78 is 5.56. The van der Waals surface area contributed by atoms with Crippen molar-refractivity contribution in [2.45, 2.75) is 45.8 Å². The van der Waals surface area contributed by atoms with Crippen molar-refractivity contribution in [3.63, 3.8) is 0 Å². The molecule has 0 aromatic carbocycles. The molecule has 2 N–H and O–H groups in total. The van der Waals surface area contributed by atoms with Gasteiger partial charge in [-0.05, 0) is 33.7 Å². The third-order valence-corrected chi connectivity index (χ3v) is 1.62. The van der Waals surface area contributed by atoms with Crippen LogP contribution >= 0.6 is 0 Å². The summed E-state index contributed by atoms with van der Waals surface area (Å²) in [6.45, 7) is 9.78. The molecule has 0 aliphatic heterocycles. The SMILES string of the molecule is CCCNC(CO)COC(C)(C)C. The zero-order chi connectivity index (χ0) is 10.3. The van der Waals surface area contributed by atoms with Crippen LogP contribution in [0.3, 0.4) is 0 Å². The van der Waals surface area contributed by atoms with Gasteiger partial charge < -0.3 is 15.2 Å². The average molecular weight is 189 g/mol. The van der Waals surface area contributed by atoms with Crippen molar-refractivity contribution in [1.82, 2.24) is 5.32 Å². The summed E-state index contributed by atoms with van der Waals surface area (Å²) in [6.07, 6.45) is 1.08. The van der Waals surface area contributed by atoms with Crippen molar-refractivity contribution >= 4 is 0 Å². The van der Waals surface area contributed by atoms with Crippen LogP contribution in [0.5, 0.6) is 0 Å². The van der Waals surface area contributed by atoms with Gasteiger partial charge in [0.1, 0.15) is 0 Å². The molecule has 0 aliphatic carbocycles. The smallest absolute Gasteiger partial charge is 0.0649 e. The second-order valence-corrected chi connectivity index (χ2v) is 4.26. The minimum Gasteiger partial charge on any atom is -0.395 e. The van der Waals surface area contributed by atoms with Crippen LogP contribution in [-0.4, -0.2) is 36.5 Å². The largest absolute Gasteiger partial charge is 0.395 e. The highest BCUT2D eigenvalue weighted by Gasteiger charge is 2.13. The number of aliphatic hydroxyl groups excluding tert-OH is 1. The van der Waals surface area contributed by atoms with Crippen molar-refractivity contribution < 1.29 is 9.84 Å². The zero-order valence-electron chi connectivity index (χ0n) is 9.26. The quantitative estimate of drug-likeness (QED) is 0.659. The molecule has 0 amide bonds. The van der Waals surface area contributed by atoms with Crippen LogP contribution < -0.4 is 5.32 Å². The van der Waals surface area contributed by atoms with Gasteiger partial charge in [-0.1, -0.05) is 6.92 Å². The van der Waals surface area contributed by atoms with E-state index in [0.29, 0.717) is 6.61 Å². The molecule has 0 rings (SSSR count). The maximum atomic E-state index is 9.01. The van der Waals surface area contributed by atoms with Gasteiger partial charge in [-0.3, -0.25) is 0 Å². The molecule has 0 aromatic heterocycles. The molecule has 0 saturated carbocycles. The number of ether oxygens (including phenoxy) is 1. The van der Waals surface area contributed by atoms with E-state index in [1.54, 1.807) is 0 Å². The fourth-order valence-electron chi connectivity index (χ4n) is 0.875.